The van der Waals surface area contributed by atoms with Crippen LogP contribution >= 0.6 is 7.14 Å². The summed E-state index contributed by atoms with van der Waals surface area (Å²) in [6, 6.07) is 14.5. The van der Waals surface area contributed by atoms with Crippen LogP contribution in [-0.2, 0) is 4.57 Å². The van der Waals surface area contributed by atoms with Crippen molar-refractivity contribution >= 4 is 23.3 Å². The minimum absolute atomic E-state index is 0.304. The van der Waals surface area contributed by atoms with Gasteiger partial charge in [-0.25, -0.2) is 4.39 Å². The van der Waals surface area contributed by atoms with E-state index >= 15 is 0 Å². The molecule has 1 heterocycles. The summed E-state index contributed by atoms with van der Waals surface area (Å²) < 4.78 is 28.4. The third-order valence-corrected chi connectivity index (χ3v) is 8.35. The van der Waals surface area contributed by atoms with E-state index in [2.05, 4.69) is 13.8 Å². The molecule has 0 aliphatic carbocycles. The first-order chi connectivity index (χ1) is 12.1. The molecule has 3 heteroatoms. The van der Waals surface area contributed by atoms with Crippen molar-refractivity contribution in [2.45, 2.75) is 52.4 Å². The van der Waals surface area contributed by atoms with Gasteiger partial charge in [-0.3, -0.25) is 0 Å². The summed E-state index contributed by atoms with van der Waals surface area (Å²) in [5, 5.41) is 2.60. The molecule has 1 atom stereocenters. The first-order valence-corrected chi connectivity index (χ1v) is 11.0. The van der Waals surface area contributed by atoms with Crippen LogP contribution in [-0.4, -0.2) is 0 Å². The number of hydrogen-bond acceptors (Lipinski definition) is 1. The molecule has 0 bridgehead atoms. The number of allylic oxidation sites excluding steroid dienone is 2. The van der Waals surface area contributed by atoms with Gasteiger partial charge in [0, 0.05) is 15.9 Å². The van der Waals surface area contributed by atoms with Gasteiger partial charge in [0.15, 0.2) is 7.14 Å². The standard InChI is InChI=1S/C22H26FOP/c1-3-5-12-19-20-15-14-17(23)16-22(20)25(24,21(19)13-6-4-2)18-10-8-7-9-11-18/h7-11,14-16H,3-6,12-13H2,1-2H3. The lowest BCUT2D eigenvalue weighted by Crippen LogP contribution is -2.16. The SMILES string of the molecule is CCCCC1=C(CCCC)P(=O)(c2ccccc2)c2cc(F)ccc21. The molecule has 1 aliphatic heterocycles. The predicted octanol–water partition coefficient (Wildman–Crippen LogP) is 6.24. The fraction of sp³-hybridized carbons (Fsp3) is 0.364. The molecule has 0 saturated heterocycles. The van der Waals surface area contributed by atoms with Crippen LogP contribution in [0.1, 0.15) is 57.9 Å². The largest absolute Gasteiger partial charge is 0.309 e. The fourth-order valence-corrected chi connectivity index (χ4v) is 7.14. The highest BCUT2D eigenvalue weighted by Gasteiger charge is 2.41. The van der Waals surface area contributed by atoms with Crippen LogP contribution in [0.3, 0.4) is 0 Å². The van der Waals surface area contributed by atoms with Crippen molar-refractivity contribution in [2.75, 3.05) is 0 Å². The molecule has 1 unspecified atom stereocenters. The number of unbranched alkanes of at least 4 members (excludes halogenated alkanes) is 2. The lowest BCUT2D eigenvalue weighted by molar-refractivity contribution is 0.588. The third kappa shape index (κ3) is 3.25. The Balaban J connectivity index is 2.24. The average Bonchev–Trinajstić information content (AvgIpc) is 2.87. The van der Waals surface area contributed by atoms with Crippen molar-refractivity contribution in [3.63, 3.8) is 0 Å². The molecule has 2 aromatic carbocycles. The molecule has 2 aromatic rings. The Kier molecular flexibility index (Phi) is 5.59. The van der Waals surface area contributed by atoms with Crippen molar-refractivity contribution in [1.29, 1.82) is 0 Å². The maximum atomic E-state index is 14.4. The maximum absolute atomic E-state index is 14.4. The Morgan fingerprint density at radius 1 is 0.920 bits per heavy atom. The van der Waals surface area contributed by atoms with Crippen LogP contribution in [0.5, 0.6) is 0 Å². The molecule has 0 spiro atoms. The molecule has 132 valence electrons. The number of benzene rings is 2. The van der Waals surface area contributed by atoms with E-state index in [4.69, 9.17) is 0 Å². The van der Waals surface area contributed by atoms with E-state index < -0.39 is 7.14 Å². The summed E-state index contributed by atoms with van der Waals surface area (Å²) in [5.74, 6) is -0.304. The van der Waals surface area contributed by atoms with Gasteiger partial charge >= 0.3 is 0 Å². The molecule has 1 aliphatic rings. The van der Waals surface area contributed by atoms with Crippen molar-refractivity contribution in [2.24, 2.45) is 0 Å². The molecular formula is C22H26FOP. The van der Waals surface area contributed by atoms with Crippen molar-refractivity contribution in [3.8, 4) is 0 Å². The van der Waals surface area contributed by atoms with Gasteiger partial charge in [-0.05, 0) is 49.0 Å². The topological polar surface area (TPSA) is 17.1 Å². The summed E-state index contributed by atoms with van der Waals surface area (Å²) in [4.78, 5) is 0. The van der Waals surface area contributed by atoms with Gasteiger partial charge < -0.3 is 4.57 Å². The Labute approximate surface area is 150 Å². The molecule has 25 heavy (non-hydrogen) atoms. The van der Waals surface area contributed by atoms with Gasteiger partial charge in [-0.1, -0.05) is 63.1 Å². The Bertz CT molecular complexity index is 823. The summed E-state index contributed by atoms with van der Waals surface area (Å²) in [6.45, 7) is 4.32. The number of hydrogen-bond donors (Lipinski definition) is 0. The Hall–Kier alpha value is -1.66. The van der Waals surface area contributed by atoms with E-state index in [9.17, 15) is 8.96 Å². The summed E-state index contributed by atoms with van der Waals surface area (Å²) in [6.07, 6.45) is 5.98. The van der Waals surface area contributed by atoms with Crippen molar-refractivity contribution in [3.05, 3.63) is 65.2 Å². The second-order valence-electron chi connectivity index (χ2n) is 6.74. The molecule has 0 N–H and O–H groups in total. The molecular weight excluding hydrogens is 330 g/mol. The van der Waals surface area contributed by atoms with Gasteiger partial charge in [0.25, 0.3) is 0 Å². The molecule has 0 fully saturated rings. The van der Waals surface area contributed by atoms with Crippen LogP contribution < -0.4 is 10.6 Å². The number of rotatable bonds is 7. The Morgan fingerprint density at radius 3 is 2.28 bits per heavy atom. The van der Waals surface area contributed by atoms with Gasteiger partial charge in [0.05, 0.1) is 0 Å². The molecule has 0 amide bonds. The summed E-state index contributed by atoms with van der Waals surface area (Å²) in [5.41, 5.74) is 2.21. The quantitative estimate of drug-likeness (QED) is 0.536. The summed E-state index contributed by atoms with van der Waals surface area (Å²) >= 11 is 0. The average molecular weight is 356 g/mol. The lowest BCUT2D eigenvalue weighted by Gasteiger charge is -2.19. The van der Waals surface area contributed by atoms with E-state index in [0.29, 0.717) is 5.30 Å². The molecule has 3 rings (SSSR count). The molecule has 0 radical (unpaired) electrons. The van der Waals surface area contributed by atoms with E-state index in [1.54, 1.807) is 0 Å². The normalized spacial score (nSPS) is 19.3. The van der Waals surface area contributed by atoms with Crippen molar-refractivity contribution < 1.29 is 8.96 Å². The smallest absolute Gasteiger partial charge is 0.168 e. The van der Waals surface area contributed by atoms with E-state index in [1.165, 1.54) is 17.7 Å². The van der Waals surface area contributed by atoms with Crippen LogP contribution in [0.15, 0.2) is 53.8 Å². The van der Waals surface area contributed by atoms with Gasteiger partial charge in [0.1, 0.15) is 5.82 Å². The highest BCUT2D eigenvalue weighted by Crippen LogP contribution is 2.62. The van der Waals surface area contributed by atoms with E-state index in [-0.39, 0.29) is 5.82 Å². The zero-order valence-corrected chi connectivity index (χ0v) is 16.0. The monoisotopic (exact) mass is 356 g/mol. The van der Waals surface area contributed by atoms with E-state index in [0.717, 1.165) is 54.7 Å². The van der Waals surface area contributed by atoms with Crippen LogP contribution in [0.25, 0.3) is 5.57 Å². The Morgan fingerprint density at radius 2 is 1.60 bits per heavy atom. The van der Waals surface area contributed by atoms with Crippen LogP contribution in [0, 0.1) is 5.82 Å². The van der Waals surface area contributed by atoms with Gasteiger partial charge in [-0.15, -0.1) is 0 Å². The molecule has 0 aromatic heterocycles. The number of fused-ring (bicyclic) bond motifs is 1. The summed E-state index contributed by atoms with van der Waals surface area (Å²) in [7, 11) is -2.94. The highest BCUT2D eigenvalue weighted by molar-refractivity contribution is 7.83. The van der Waals surface area contributed by atoms with Crippen LogP contribution in [0.4, 0.5) is 4.39 Å². The lowest BCUT2D eigenvalue weighted by atomic mass is 9.98. The van der Waals surface area contributed by atoms with Crippen molar-refractivity contribution in [1.82, 2.24) is 0 Å². The first kappa shape index (κ1) is 18.1. The van der Waals surface area contributed by atoms with Crippen LogP contribution in [0.2, 0.25) is 0 Å². The highest BCUT2D eigenvalue weighted by atomic mass is 31.2. The maximum Gasteiger partial charge on any atom is 0.168 e. The predicted molar refractivity (Wildman–Crippen MR) is 106 cm³/mol. The van der Waals surface area contributed by atoms with Gasteiger partial charge in [0.2, 0.25) is 0 Å². The minimum atomic E-state index is -2.94. The first-order valence-electron chi connectivity index (χ1n) is 9.31. The second-order valence-corrected chi connectivity index (χ2v) is 9.50. The molecule has 0 saturated carbocycles. The fourth-order valence-electron chi connectivity index (χ4n) is 3.73. The zero-order chi connectivity index (χ0) is 17.9. The van der Waals surface area contributed by atoms with Gasteiger partial charge in [-0.2, -0.15) is 0 Å². The number of halogens is 1. The second kappa shape index (κ2) is 7.70. The minimum Gasteiger partial charge on any atom is -0.309 e. The zero-order valence-electron chi connectivity index (χ0n) is 15.1. The molecule has 1 nitrogen and oxygen atoms in total. The third-order valence-electron chi connectivity index (χ3n) is 5.02. The van der Waals surface area contributed by atoms with E-state index in [1.807, 2.05) is 36.4 Å².